The molecule has 0 fully saturated rings. The molecule has 0 radical (unpaired) electrons. The Hall–Kier alpha value is -2.66. The first-order valence-electron chi connectivity index (χ1n) is 10.4. The van der Waals surface area contributed by atoms with Gasteiger partial charge in [0.15, 0.2) is 6.10 Å². The van der Waals surface area contributed by atoms with Crippen molar-refractivity contribution in [1.29, 1.82) is 0 Å². The summed E-state index contributed by atoms with van der Waals surface area (Å²) in [6, 6.07) is 14.5. The van der Waals surface area contributed by atoms with Gasteiger partial charge in [-0.2, -0.15) is 0 Å². The van der Waals surface area contributed by atoms with Crippen LogP contribution in [0.25, 0.3) is 10.6 Å². The van der Waals surface area contributed by atoms with Crippen molar-refractivity contribution in [3.05, 3.63) is 70.2 Å². The second-order valence-electron chi connectivity index (χ2n) is 8.01. The lowest BCUT2D eigenvalue weighted by Gasteiger charge is -2.19. The van der Waals surface area contributed by atoms with Crippen LogP contribution in [-0.4, -0.2) is 23.5 Å². The minimum atomic E-state index is -0.553. The van der Waals surface area contributed by atoms with E-state index in [1.54, 1.807) is 18.3 Å². The van der Waals surface area contributed by atoms with E-state index in [9.17, 15) is 4.79 Å². The Morgan fingerprint density at radius 2 is 1.77 bits per heavy atom. The van der Waals surface area contributed by atoms with E-state index < -0.39 is 6.10 Å². The summed E-state index contributed by atoms with van der Waals surface area (Å²) in [6.45, 7) is 10.7. The standard InChI is InChI=1S/C25H30N2O2S/c1-16(2)22-11-8-18(4)14-23(22)29-19(5)24(28)26-13-12-21-15-30-25(27-21)20-9-6-17(3)7-10-20/h6-11,14-16,19H,12-13H2,1-5H3,(H,26,28)/t19-/m0/s1. The number of nitrogens with one attached hydrogen (secondary N) is 1. The molecule has 4 nitrogen and oxygen atoms in total. The SMILES string of the molecule is Cc1ccc(-c2nc(CCNC(=O)[C@H](C)Oc3cc(C)ccc3C(C)C)cs2)cc1. The normalized spacial score (nSPS) is 12.1. The summed E-state index contributed by atoms with van der Waals surface area (Å²) in [5.41, 5.74) is 5.59. The topological polar surface area (TPSA) is 51.2 Å². The lowest BCUT2D eigenvalue weighted by atomic mass is 10.0. The van der Waals surface area contributed by atoms with E-state index in [1.807, 2.05) is 13.0 Å². The Morgan fingerprint density at radius 1 is 1.07 bits per heavy atom. The molecule has 1 heterocycles. The van der Waals surface area contributed by atoms with Gasteiger partial charge in [0.05, 0.1) is 5.69 Å². The fourth-order valence-corrected chi connectivity index (χ4v) is 4.03. The van der Waals surface area contributed by atoms with Crippen LogP contribution in [-0.2, 0) is 11.2 Å². The van der Waals surface area contributed by atoms with Gasteiger partial charge >= 0.3 is 0 Å². The average Bonchev–Trinajstić information content (AvgIpc) is 3.17. The zero-order valence-corrected chi connectivity index (χ0v) is 19.2. The highest BCUT2D eigenvalue weighted by Crippen LogP contribution is 2.28. The molecule has 0 unspecified atom stereocenters. The summed E-state index contributed by atoms with van der Waals surface area (Å²) in [5.74, 6) is 1.01. The molecule has 0 aliphatic rings. The van der Waals surface area contributed by atoms with Crippen LogP contribution in [0.5, 0.6) is 5.75 Å². The first kappa shape index (κ1) is 22.0. The van der Waals surface area contributed by atoms with E-state index in [-0.39, 0.29) is 5.91 Å². The van der Waals surface area contributed by atoms with Gasteiger partial charge in [0.2, 0.25) is 0 Å². The number of hydrogen-bond acceptors (Lipinski definition) is 4. The fraction of sp³-hybridized carbons (Fsp3) is 0.360. The van der Waals surface area contributed by atoms with Crippen molar-refractivity contribution in [3.8, 4) is 16.3 Å². The minimum Gasteiger partial charge on any atom is -0.481 e. The molecule has 1 atom stereocenters. The van der Waals surface area contributed by atoms with Crippen molar-refractivity contribution >= 4 is 17.2 Å². The van der Waals surface area contributed by atoms with Crippen LogP contribution in [0.15, 0.2) is 47.8 Å². The van der Waals surface area contributed by atoms with Gasteiger partial charge in [0.1, 0.15) is 10.8 Å². The molecule has 2 aromatic carbocycles. The molecule has 158 valence electrons. The van der Waals surface area contributed by atoms with E-state index in [0.717, 1.165) is 33.1 Å². The van der Waals surface area contributed by atoms with Crippen LogP contribution in [0.3, 0.4) is 0 Å². The van der Waals surface area contributed by atoms with Crippen LogP contribution >= 0.6 is 11.3 Å². The number of hydrogen-bond donors (Lipinski definition) is 1. The number of ether oxygens (including phenoxy) is 1. The van der Waals surface area contributed by atoms with Gasteiger partial charge in [-0.05, 0) is 43.9 Å². The highest BCUT2D eigenvalue weighted by atomic mass is 32.1. The molecule has 1 amide bonds. The van der Waals surface area contributed by atoms with Crippen molar-refractivity contribution in [1.82, 2.24) is 10.3 Å². The van der Waals surface area contributed by atoms with Gasteiger partial charge in [0, 0.05) is 23.9 Å². The molecule has 0 spiro atoms. The van der Waals surface area contributed by atoms with Crippen molar-refractivity contribution in [3.63, 3.8) is 0 Å². The second-order valence-corrected chi connectivity index (χ2v) is 8.87. The zero-order valence-electron chi connectivity index (χ0n) is 18.4. The first-order chi connectivity index (χ1) is 14.3. The Balaban J connectivity index is 1.52. The summed E-state index contributed by atoms with van der Waals surface area (Å²) in [5, 5.41) is 6.04. The van der Waals surface area contributed by atoms with Crippen LogP contribution in [0.1, 0.15) is 49.1 Å². The van der Waals surface area contributed by atoms with E-state index in [0.29, 0.717) is 18.9 Å². The highest BCUT2D eigenvalue weighted by Gasteiger charge is 2.17. The molecule has 0 bridgehead atoms. The Morgan fingerprint density at radius 3 is 2.47 bits per heavy atom. The summed E-state index contributed by atoms with van der Waals surface area (Å²) in [7, 11) is 0. The van der Waals surface area contributed by atoms with Crippen LogP contribution in [0.2, 0.25) is 0 Å². The molecule has 3 aromatic rings. The average molecular weight is 423 g/mol. The summed E-state index contributed by atoms with van der Waals surface area (Å²) in [4.78, 5) is 17.2. The van der Waals surface area contributed by atoms with Crippen LogP contribution in [0, 0.1) is 13.8 Å². The van der Waals surface area contributed by atoms with Gasteiger partial charge in [0.25, 0.3) is 5.91 Å². The third kappa shape index (κ3) is 5.70. The third-order valence-electron chi connectivity index (χ3n) is 4.99. The van der Waals surface area contributed by atoms with Gasteiger partial charge < -0.3 is 10.1 Å². The van der Waals surface area contributed by atoms with Crippen molar-refractivity contribution in [2.45, 2.75) is 53.1 Å². The molecule has 0 saturated heterocycles. The highest BCUT2D eigenvalue weighted by molar-refractivity contribution is 7.13. The van der Waals surface area contributed by atoms with Crippen molar-refractivity contribution in [2.75, 3.05) is 6.54 Å². The molecule has 5 heteroatoms. The number of aryl methyl sites for hydroxylation is 2. The van der Waals surface area contributed by atoms with Gasteiger partial charge in [-0.3, -0.25) is 4.79 Å². The lowest BCUT2D eigenvalue weighted by Crippen LogP contribution is -2.37. The quantitative estimate of drug-likeness (QED) is 0.508. The number of carbonyl (C=O) groups is 1. The van der Waals surface area contributed by atoms with Gasteiger partial charge in [-0.1, -0.05) is 55.8 Å². The number of benzene rings is 2. The Kier molecular flexibility index (Phi) is 7.27. The predicted octanol–water partition coefficient (Wildman–Crippen LogP) is 5.68. The molecule has 0 aliphatic heterocycles. The number of nitrogens with zero attached hydrogens (tertiary/aromatic N) is 1. The first-order valence-corrected chi connectivity index (χ1v) is 11.3. The van der Waals surface area contributed by atoms with E-state index in [2.05, 4.69) is 67.9 Å². The monoisotopic (exact) mass is 422 g/mol. The van der Waals surface area contributed by atoms with Crippen LogP contribution < -0.4 is 10.1 Å². The third-order valence-corrected chi connectivity index (χ3v) is 5.93. The number of aromatic nitrogens is 1. The number of carbonyl (C=O) groups excluding carboxylic acids is 1. The maximum Gasteiger partial charge on any atom is 0.260 e. The molecule has 0 aliphatic carbocycles. The molecular weight excluding hydrogens is 392 g/mol. The second kappa shape index (κ2) is 9.90. The molecule has 1 N–H and O–H groups in total. The van der Waals surface area contributed by atoms with Crippen molar-refractivity contribution < 1.29 is 9.53 Å². The summed E-state index contributed by atoms with van der Waals surface area (Å²) >= 11 is 1.63. The number of thiazole rings is 1. The smallest absolute Gasteiger partial charge is 0.260 e. The van der Waals surface area contributed by atoms with E-state index >= 15 is 0 Å². The van der Waals surface area contributed by atoms with Crippen LogP contribution in [0.4, 0.5) is 0 Å². The Labute approximate surface area is 183 Å². The number of rotatable bonds is 8. The maximum absolute atomic E-state index is 12.5. The molecular formula is C25H30N2O2S. The number of amides is 1. The van der Waals surface area contributed by atoms with Gasteiger partial charge in [-0.25, -0.2) is 4.98 Å². The largest absolute Gasteiger partial charge is 0.481 e. The molecule has 0 saturated carbocycles. The Bertz CT molecular complexity index is 993. The summed E-state index contributed by atoms with van der Waals surface area (Å²) < 4.78 is 6.00. The minimum absolute atomic E-state index is 0.111. The maximum atomic E-state index is 12.5. The predicted molar refractivity (Wildman–Crippen MR) is 124 cm³/mol. The molecule has 1 aromatic heterocycles. The molecule has 3 rings (SSSR count). The summed E-state index contributed by atoms with van der Waals surface area (Å²) in [6.07, 6.45) is 0.144. The van der Waals surface area contributed by atoms with E-state index in [1.165, 1.54) is 5.56 Å². The fourth-order valence-electron chi connectivity index (χ4n) is 3.17. The van der Waals surface area contributed by atoms with Gasteiger partial charge in [-0.15, -0.1) is 11.3 Å². The lowest BCUT2D eigenvalue weighted by molar-refractivity contribution is -0.127. The van der Waals surface area contributed by atoms with E-state index in [4.69, 9.17) is 9.72 Å². The zero-order chi connectivity index (χ0) is 21.7. The van der Waals surface area contributed by atoms with Crippen molar-refractivity contribution in [2.24, 2.45) is 0 Å². The molecule has 30 heavy (non-hydrogen) atoms.